The molecule has 2 aliphatic carbocycles. The van der Waals surface area contributed by atoms with E-state index < -0.39 is 5.41 Å². The average molecular weight is 967 g/mol. The van der Waals surface area contributed by atoms with E-state index in [4.69, 9.17) is 4.42 Å². The number of rotatable bonds is 5. The van der Waals surface area contributed by atoms with Crippen LogP contribution in [0.25, 0.3) is 88.7 Å². The second kappa shape index (κ2) is 16.5. The van der Waals surface area contributed by atoms with Crippen LogP contribution in [0.4, 0.5) is 34.1 Å². The Hall–Kier alpha value is -9.96. The van der Waals surface area contributed by atoms with Gasteiger partial charge in [0.15, 0.2) is 0 Å². The van der Waals surface area contributed by atoms with Crippen LogP contribution in [-0.2, 0) is 5.41 Å². The molecule has 0 bridgehead atoms. The number of nitrogens with zero attached hydrogens (tertiary/aromatic N) is 2. The molecule has 0 saturated carbocycles. The topological polar surface area (TPSA) is 19.6 Å². The summed E-state index contributed by atoms with van der Waals surface area (Å²) in [7, 11) is 0. The molecule has 16 rings (SSSR count). The molecular weight excluding hydrogens is 921 g/mol. The van der Waals surface area contributed by atoms with E-state index in [2.05, 4.69) is 289 Å². The van der Waals surface area contributed by atoms with Crippen LogP contribution in [0, 0.1) is 0 Å². The van der Waals surface area contributed by atoms with Gasteiger partial charge in [0, 0.05) is 44.5 Å². The van der Waals surface area contributed by atoms with E-state index in [1.165, 1.54) is 66.8 Å². The molecule has 76 heavy (non-hydrogen) atoms. The predicted molar refractivity (Wildman–Crippen MR) is 315 cm³/mol. The zero-order valence-electron chi connectivity index (χ0n) is 41.4. The summed E-state index contributed by atoms with van der Waals surface area (Å²) >= 11 is 0. The van der Waals surface area contributed by atoms with Crippen molar-refractivity contribution in [2.24, 2.45) is 0 Å². The number of anilines is 6. The van der Waals surface area contributed by atoms with Gasteiger partial charge in [-0.1, -0.05) is 224 Å². The van der Waals surface area contributed by atoms with Crippen molar-refractivity contribution in [3.63, 3.8) is 0 Å². The first-order chi connectivity index (χ1) is 37.7. The molecule has 3 nitrogen and oxygen atoms in total. The third-order valence-electron chi connectivity index (χ3n) is 16.4. The monoisotopic (exact) mass is 966 g/mol. The molecule has 2 heterocycles. The molecule has 0 amide bonds. The second-order valence-electron chi connectivity index (χ2n) is 20.2. The summed E-state index contributed by atoms with van der Waals surface area (Å²) in [6.45, 7) is 0. The van der Waals surface area contributed by atoms with Gasteiger partial charge in [-0.3, -0.25) is 0 Å². The predicted octanol–water partition coefficient (Wildman–Crippen LogP) is 19.9. The van der Waals surface area contributed by atoms with Crippen LogP contribution < -0.4 is 9.80 Å². The maximum absolute atomic E-state index is 7.03. The van der Waals surface area contributed by atoms with Gasteiger partial charge in [-0.25, -0.2) is 0 Å². The number of hydrogen-bond acceptors (Lipinski definition) is 3. The SMILES string of the molecule is c1ccc(-c2cccc(N(c3ccc4c(c3)C3(c5ccccc5-c5ccccc5-4)c4ccccc4-c4c3ccc3c4oc4ccccc43)c3cccc4c3N(c3ccccc3)c3ccccc3-c3ccccc3-4)c2)cc1. The number of hydrogen-bond donors (Lipinski definition) is 0. The second-order valence-corrected chi connectivity index (χ2v) is 20.2. The van der Waals surface area contributed by atoms with E-state index in [0.717, 1.165) is 78.3 Å². The third kappa shape index (κ3) is 5.99. The minimum atomic E-state index is -0.765. The van der Waals surface area contributed by atoms with Crippen molar-refractivity contribution in [1.29, 1.82) is 0 Å². The van der Waals surface area contributed by atoms with Gasteiger partial charge >= 0.3 is 0 Å². The van der Waals surface area contributed by atoms with Gasteiger partial charge in [0.05, 0.1) is 22.5 Å². The molecular formula is C73H46N2O. The highest BCUT2D eigenvalue weighted by Gasteiger charge is 2.51. The lowest BCUT2D eigenvalue weighted by Gasteiger charge is -2.37. The van der Waals surface area contributed by atoms with Crippen molar-refractivity contribution in [1.82, 2.24) is 0 Å². The van der Waals surface area contributed by atoms with E-state index in [0.29, 0.717) is 0 Å². The van der Waals surface area contributed by atoms with Crippen molar-refractivity contribution in [3.05, 3.63) is 301 Å². The minimum Gasteiger partial charge on any atom is -0.455 e. The van der Waals surface area contributed by atoms with Crippen LogP contribution in [0.15, 0.2) is 283 Å². The summed E-state index contributed by atoms with van der Waals surface area (Å²) in [5.41, 5.74) is 26.6. The van der Waals surface area contributed by atoms with Gasteiger partial charge in [0.25, 0.3) is 0 Å². The van der Waals surface area contributed by atoms with Gasteiger partial charge in [0.2, 0.25) is 0 Å². The molecule has 0 saturated heterocycles. The zero-order chi connectivity index (χ0) is 49.9. The van der Waals surface area contributed by atoms with Crippen molar-refractivity contribution >= 4 is 56.1 Å². The van der Waals surface area contributed by atoms with Gasteiger partial charge < -0.3 is 14.2 Å². The Bertz CT molecular complexity index is 4490. The van der Waals surface area contributed by atoms with Crippen LogP contribution in [0.5, 0.6) is 0 Å². The van der Waals surface area contributed by atoms with E-state index in [1.807, 2.05) is 0 Å². The first kappa shape index (κ1) is 42.5. The smallest absolute Gasteiger partial charge is 0.143 e. The summed E-state index contributed by atoms with van der Waals surface area (Å²) in [5.74, 6) is 0. The zero-order valence-corrected chi connectivity index (χ0v) is 41.4. The Labute approximate surface area is 441 Å². The Morgan fingerprint density at radius 2 is 0.882 bits per heavy atom. The average Bonchev–Trinajstić information content (AvgIpc) is 4.11. The van der Waals surface area contributed by atoms with Gasteiger partial charge in [-0.15, -0.1) is 0 Å². The molecule has 0 fully saturated rings. The van der Waals surface area contributed by atoms with Crippen molar-refractivity contribution in [2.45, 2.75) is 5.41 Å². The number of benzene rings is 12. The molecule has 13 aromatic rings. The Balaban J connectivity index is 1.05. The van der Waals surface area contributed by atoms with Crippen LogP contribution in [0.1, 0.15) is 22.3 Å². The molecule has 1 unspecified atom stereocenters. The minimum absolute atomic E-state index is 0.765. The molecule has 3 heteroatoms. The summed E-state index contributed by atoms with van der Waals surface area (Å²) in [5, 5.41) is 2.25. The third-order valence-corrected chi connectivity index (χ3v) is 16.4. The van der Waals surface area contributed by atoms with Crippen molar-refractivity contribution in [3.8, 4) is 66.8 Å². The van der Waals surface area contributed by atoms with Crippen LogP contribution >= 0.6 is 0 Å². The molecule has 354 valence electrons. The lowest BCUT2D eigenvalue weighted by molar-refractivity contribution is 0.669. The molecule has 1 atom stereocenters. The first-order valence-electron chi connectivity index (χ1n) is 26.2. The van der Waals surface area contributed by atoms with Crippen LogP contribution in [-0.4, -0.2) is 0 Å². The quantitative estimate of drug-likeness (QED) is 0.171. The van der Waals surface area contributed by atoms with Gasteiger partial charge in [-0.2, -0.15) is 0 Å². The Morgan fingerprint density at radius 3 is 1.66 bits per heavy atom. The Morgan fingerprint density at radius 1 is 0.329 bits per heavy atom. The lowest BCUT2D eigenvalue weighted by Crippen LogP contribution is -2.29. The lowest BCUT2D eigenvalue weighted by atomic mass is 9.65. The summed E-state index contributed by atoms with van der Waals surface area (Å²) in [6, 6.07) is 103. The highest BCUT2D eigenvalue weighted by atomic mass is 16.3. The number of fused-ring (bicyclic) bond motifs is 21. The normalized spacial score (nSPS) is 14.3. The van der Waals surface area contributed by atoms with E-state index in [-0.39, 0.29) is 0 Å². The summed E-state index contributed by atoms with van der Waals surface area (Å²) in [4.78, 5) is 5.02. The molecule has 12 aromatic carbocycles. The highest BCUT2D eigenvalue weighted by Crippen LogP contribution is 2.64. The van der Waals surface area contributed by atoms with Gasteiger partial charge in [0.1, 0.15) is 11.2 Å². The maximum atomic E-state index is 7.03. The molecule has 1 spiro atoms. The molecule has 0 radical (unpaired) electrons. The fourth-order valence-electron chi connectivity index (χ4n) is 13.3. The van der Waals surface area contributed by atoms with Crippen LogP contribution in [0.3, 0.4) is 0 Å². The largest absolute Gasteiger partial charge is 0.455 e. The maximum Gasteiger partial charge on any atom is 0.143 e. The fourth-order valence-corrected chi connectivity index (χ4v) is 13.3. The van der Waals surface area contributed by atoms with E-state index in [1.54, 1.807) is 0 Å². The summed E-state index contributed by atoms with van der Waals surface area (Å²) < 4.78 is 7.03. The number of para-hydroxylation sites is 4. The molecule has 3 aliphatic rings. The van der Waals surface area contributed by atoms with Crippen molar-refractivity contribution < 1.29 is 4.42 Å². The number of furan rings is 1. The van der Waals surface area contributed by atoms with Crippen LogP contribution in [0.2, 0.25) is 0 Å². The van der Waals surface area contributed by atoms with Crippen molar-refractivity contribution in [2.75, 3.05) is 9.80 Å². The molecule has 0 N–H and O–H groups in total. The molecule has 1 aliphatic heterocycles. The Kier molecular flexibility index (Phi) is 9.25. The van der Waals surface area contributed by atoms with Gasteiger partial charge in [-0.05, 0) is 127 Å². The standard InChI is InChI=1S/C73H46N2O/c1-3-21-47(22-4-1)48-23-19-26-50(45-48)74(68-39-20-35-60-55-30-10-9-29-54(55)58-32-13-17-38-67(58)75(71(60)68)49-24-5-2-6-25-49)51-41-42-57-53-28-8-7-27-52(53)56-31-11-15-36-63(56)73(66(57)46-51)64-37-16-12-34-62(64)70-65(73)44-43-61-59-33-14-18-40-69(59)76-72(61)70/h1-46H. The first-order valence-corrected chi connectivity index (χ1v) is 26.2. The van der Waals surface area contributed by atoms with E-state index in [9.17, 15) is 0 Å². The summed E-state index contributed by atoms with van der Waals surface area (Å²) in [6.07, 6.45) is 0. The fraction of sp³-hybridized carbons (Fsp3) is 0.0137. The molecule has 1 aromatic heterocycles. The van der Waals surface area contributed by atoms with E-state index >= 15 is 0 Å². The highest BCUT2D eigenvalue weighted by molar-refractivity contribution is 6.14.